The Morgan fingerprint density at radius 3 is 2.11 bits per heavy atom. The number of amides is 1. The Kier molecular flexibility index (Phi) is 5.35. The van der Waals surface area contributed by atoms with Gasteiger partial charge in [-0.15, -0.1) is 0 Å². The molecule has 0 bridgehead atoms. The summed E-state index contributed by atoms with van der Waals surface area (Å²) in [6.07, 6.45) is 1.56. The zero-order valence-corrected chi connectivity index (χ0v) is 11.6. The number of benzene rings is 1. The number of carbonyl (C=O) groups excluding carboxylic acids is 1. The molecule has 3 heteroatoms. The van der Waals surface area contributed by atoms with E-state index in [1.54, 1.807) is 0 Å². The number of para-hydroxylation sites is 1. The molecular formula is C15H24N2O. The Morgan fingerprint density at radius 1 is 1.17 bits per heavy atom. The standard InChI is InChI=1S/C15H24N2O/c1-4-15(5-2,12-16)14(18)17(6-3)13-10-8-7-9-11-13/h7-11H,4-6,12,16H2,1-3H3. The third-order valence-corrected chi connectivity index (χ3v) is 3.83. The highest BCUT2D eigenvalue weighted by Gasteiger charge is 2.36. The fourth-order valence-corrected chi connectivity index (χ4v) is 2.27. The largest absolute Gasteiger partial charge is 0.329 e. The predicted octanol–water partition coefficient (Wildman–Crippen LogP) is 2.80. The van der Waals surface area contributed by atoms with Crippen molar-refractivity contribution in [3.8, 4) is 0 Å². The van der Waals surface area contributed by atoms with Crippen LogP contribution in [-0.4, -0.2) is 19.0 Å². The first-order chi connectivity index (χ1) is 8.65. The van der Waals surface area contributed by atoms with Crippen LogP contribution < -0.4 is 10.6 Å². The molecule has 0 aliphatic rings. The van der Waals surface area contributed by atoms with Crippen LogP contribution in [-0.2, 0) is 4.79 Å². The van der Waals surface area contributed by atoms with Gasteiger partial charge in [0.25, 0.3) is 0 Å². The van der Waals surface area contributed by atoms with Crippen LogP contribution in [0.3, 0.4) is 0 Å². The van der Waals surface area contributed by atoms with E-state index < -0.39 is 5.41 Å². The third kappa shape index (κ3) is 2.72. The van der Waals surface area contributed by atoms with Gasteiger partial charge < -0.3 is 10.6 Å². The van der Waals surface area contributed by atoms with E-state index in [4.69, 9.17) is 5.73 Å². The van der Waals surface area contributed by atoms with Gasteiger partial charge in [-0.25, -0.2) is 0 Å². The van der Waals surface area contributed by atoms with Gasteiger partial charge in [0.15, 0.2) is 0 Å². The second-order valence-electron chi connectivity index (χ2n) is 4.58. The monoisotopic (exact) mass is 248 g/mol. The van der Waals surface area contributed by atoms with Crippen molar-refractivity contribution in [1.29, 1.82) is 0 Å². The molecule has 1 aromatic rings. The van der Waals surface area contributed by atoms with Crippen LogP contribution in [0.4, 0.5) is 5.69 Å². The topological polar surface area (TPSA) is 46.3 Å². The lowest BCUT2D eigenvalue weighted by molar-refractivity contribution is -0.128. The molecule has 1 aromatic carbocycles. The molecule has 0 aliphatic carbocycles. The smallest absolute Gasteiger partial charge is 0.234 e. The average Bonchev–Trinajstić information content (AvgIpc) is 2.43. The minimum Gasteiger partial charge on any atom is -0.329 e. The van der Waals surface area contributed by atoms with Gasteiger partial charge in [0.05, 0.1) is 5.41 Å². The maximum absolute atomic E-state index is 12.7. The normalized spacial score (nSPS) is 11.3. The number of nitrogens with zero attached hydrogens (tertiary/aromatic N) is 1. The molecular weight excluding hydrogens is 224 g/mol. The van der Waals surface area contributed by atoms with Gasteiger partial charge in [0, 0.05) is 18.8 Å². The van der Waals surface area contributed by atoms with Gasteiger partial charge in [-0.3, -0.25) is 4.79 Å². The van der Waals surface area contributed by atoms with E-state index >= 15 is 0 Å². The minimum absolute atomic E-state index is 0.142. The number of nitrogens with two attached hydrogens (primary N) is 1. The molecule has 0 heterocycles. The molecule has 0 saturated carbocycles. The fourth-order valence-electron chi connectivity index (χ4n) is 2.27. The second kappa shape index (κ2) is 6.55. The molecule has 0 radical (unpaired) electrons. The van der Waals surface area contributed by atoms with Crippen LogP contribution in [0.5, 0.6) is 0 Å². The van der Waals surface area contributed by atoms with Crippen molar-refractivity contribution in [2.45, 2.75) is 33.6 Å². The first-order valence-electron chi connectivity index (χ1n) is 6.72. The number of carbonyl (C=O) groups is 1. The number of rotatable bonds is 6. The highest BCUT2D eigenvalue weighted by Crippen LogP contribution is 2.30. The molecule has 0 aromatic heterocycles. The van der Waals surface area contributed by atoms with Crippen molar-refractivity contribution in [2.24, 2.45) is 11.1 Å². The summed E-state index contributed by atoms with van der Waals surface area (Å²) in [6.45, 7) is 7.14. The summed E-state index contributed by atoms with van der Waals surface area (Å²) in [7, 11) is 0. The Hall–Kier alpha value is -1.35. The summed E-state index contributed by atoms with van der Waals surface area (Å²) < 4.78 is 0. The lowest BCUT2D eigenvalue weighted by Crippen LogP contribution is -2.47. The van der Waals surface area contributed by atoms with E-state index in [0.29, 0.717) is 13.1 Å². The van der Waals surface area contributed by atoms with Crippen molar-refractivity contribution >= 4 is 11.6 Å². The van der Waals surface area contributed by atoms with Gasteiger partial charge in [0.2, 0.25) is 5.91 Å². The van der Waals surface area contributed by atoms with E-state index in [-0.39, 0.29) is 5.91 Å². The van der Waals surface area contributed by atoms with Crippen molar-refractivity contribution < 1.29 is 4.79 Å². The summed E-state index contributed by atoms with van der Waals surface area (Å²) in [5, 5.41) is 0. The molecule has 0 spiro atoms. The molecule has 0 aliphatic heterocycles. The number of anilines is 1. The molecule has 18 heavy (non-hydrogen) atoms. The van der Waals surface area contributed by atoms with E-state index in [1.165, 1.54) is 0 Å². The van der Waals surface area contributed by atoms with E-state index in [9.17, 15) is 4.79 Å². The summed E-state index contributed by atoms with van der Waals surface area (Å²) in [6, 6.07) is 9.79. The molecule has 100 valence electrons. The van der Waals surface area contributed by atoms with Crippen molar-refractivity contribution in [3.05, 3.63) is 30.3 Å². The zero-order valence-electron chi connectivity index (χ0n) is 11.6. The van der Waals surface area contributed by atoms with Crippen LogP contribution in [0.25, 0.3) is 0 Å². The molecule has 1 amide bonds. The zero-order chi connectivity index (χ0) is 13.6. The molecule has 3 nitrogen and oxygen atoms in total. The van der Waals surface area contributed by atoms with Crippen molar-refractivity contribution in [2.75, 3.05) is 18.0 Å². The molecule has 1 rings (SSSR count). The highest BCUT2D eigenvalue weighted by molar-refractivity contribution is 5.97. The van der Waals surface area contributed by atoms with Crippen molar-refractivity contribution in [3.63, 3.8) is 0 Å². The molecule has 0 atom stereocenters. The minimum atomic E-state index is -0.425. The van der Waals surface area contributed by atoms with Crippen LogP contribution in [0.2, 0.25) is 0 Å². The van der Waals surface area contributed by atoms with Gasteiger partial charge in [-0.05, 0) is 31.9 Å². The van der Waals surface area contributed by atoms with Crippen LogP contribution in [0.15, 0.2) is 30.3 Å². The van der Waals surface area contributed by atoms with Crippen LogP contribution in [0.1, 0.15) is 33.6 Å². The van der Waals surface area contributed by atoms with Crippen molar-refractivity contribution in [1.82, 2.24) is 0 Å². The maximum Gasteiger partial charge on any atom is 0.234 e. The second-order valence-corrected chi connectivity index (χ2v) is 4.58. The maximum atomic E-state index is 12.7. The van der Waals surface area contributed by atoms with Gasteiger partial charge in [-0.1, -0.05) is 32.0 Å². The summed E-state index contributed by atoms with van der Waals surface area (Å²) in [5.74, 6) is 0.142. The number of hydrogen-bond acceptors (Lipinski definition) is 2. The van der Waals surface area contributed by atoms with E-state index in [0.717, 1.165) is 18.5 Å². The van der Waals surface area contributed by atoms with E-state index in [1.807, 2.05) is 56.0 Å². The van der Waals surface area contributed by atoms with Crippen LogP contribution >= 0.6 is 0 Å². The van der Waals surface area contributed by atoms with Crippen LogP contribution in [0, 0.1) is 5.41 Å². The Balaban J connectivity index is 3.06. The number of hydrogen-bond donors (Lipinski definition) is 1. The highest BCUT2D eigenvalue weighted by atomic mass is 16.2. The fraction of sp³-hybridized carbons (Fsp3) is 0.533. The third-order valence-electron chi connectivity index (χ3n) is 3.83. The summed E-state index contributed by atoms with van der Waals surface area (Å²) in [4.78, 5) is 14.6. The lowest BCUT2D eigenvalue weighted by Gasteiger charge is -2.34. The first kappa shape index (κ1) is 14.7. The first-order valence-corrected chi connectivity index (χ1v) is 6.72. The Labute approximate surface area is 110 Å². The van der Waals surface area contributed by atoms with E-state index in [2.05, 4.69) is 0 Å². The molecule has 0 unspecified atom stereocenters. The summed E-state index contributed by atoms with van der Waals surface area (Å²) in [5.41, 5.74) is 6.38. The molecule has 0 saturated heterocycles. The van der Waals surface area contributed by atoms with Gasteiger partial charge >= 0.3 is 0 Å². The Morgan fingerprint density at radius 2 is 1.72 bits per heavy atom. The lowest BCUT2D eigenvalue weighted by atomic mass is 9.81. The average molecular weight is 248 g/mol. The van der Waals surface area contributed by atoms with Gasteiger partial charge in [-0.2, -0.15) is 0 Å². The molecule has 0 fully saturated rings. The SMILES string of the molecule is CCN(C(=O)C(CC)(CC)CN)c1ccccc1. The Bertz CT molecular complexity index is 363. The van der Waals surface area contributed by atoms with Gasteiger partial charge in [0.1, 0.15) is 0 Å². The quantitative estimate of drug-likeness (QED) is 0.841. The molecule has 2 N–H and O–H groups in total. The summed E-state index contributed by atoms with van der Waals surface area (Å²) >= 11 is 0. The predicted molar refractivity (Wildman–Crippen MR) is 76.5 cm³/mol.